The molecule has 0 saturated carbocycles. The number of hydrogen-bond acceptors (Lipinski definition) is 6. The quantitative estimate of drug-likeness (QED) is 0.812. The zero-order valence-electron chi connectivity index (χ0n) is 12.6. The van der Waals surface area contributed by atoms with Crippen LogP contribution in [0.15, 0.2) is 18.6 Å². The standard InChI is InChI=1S/C15H22N4O3/c20-14(12-1-7-22-8-2-12)18-10-15(21)3-6-19(11-15)13-9-16-4-5-17-13/h4-5,9,12,21H,1-3,6-8,10-11H2,(H,18,20)/t15-/m1/s1. The fourth-order valence-electron chi connectivity index (χ4n) is 3.01. The highest BCUT2D eigenvalue weighted by atomic mass is 16.5. The first-order valence-electron chi connectivity index (χ1n) is 7.75. The van der Waals surface area contributed by atoms with Crippen LogP contribution in [0.3, 0.4) is 0 Å². The van der Waals surface area contributed by atoms with Crippen LogP contribution in [-0.4, -0.2) is 59.4 Å². The van der Waals surface area contributed by atoms with Gasteiger partial charge in [0.1, 0.15) is 11.4 Å². The third kappa shape index (κ3) is 3.53. The van der Waals surface area contributed by atoms with E-state index in [1.165, 1.54) is 0 Å². The smallest absolute Gasteiger partial charge is 0.223 e. The molecule has 0 aromatic carbocycles. The fraction of sp³-hybridized carbons (Fsp3) is 0.667. The molecule has 0 aliphatic carbocycles. The minimum atomic E-state index is -0.904. The monoisotopic (exact) mass is 306 g/mol. The predicted octanol–water partition coefficient (Wildman–Crippen LogP) is -0.0394. The van der Waals surface area contributed by atoms with Crippen molar-refractivity contribution in [2.45, 2.75) is 24.9 Å². The minimum Gasteiger partial charge on any atom is -0.386 e. The highest BCUT2D eigenvalue weighted by Crippen LogP contribution is 2.24. The Morgan fingerprint density at radius 2 is 2.27 bits per heavy atom. The Morgan fingerprint density at radius 1 is 1.45 bits per heavy atom. The third-order valence-electron chi connectivity index (χ3n) is 4.39. The Hall–Kier alpha value is -1.73. The van der Waals surface area contributed by atoms with Crippen LogP contribution in [0.4, 0.5) is 5.82 Å². The lowest BCUT2D eigenvalue weighted by Gasteiger charge is -2.26. The highest BCUT2D eigenvalue weighted by Gasteiger charge is 2.37. The van der Waals surface area contributed by atoms with Gasteiger partial charge in [-0.05, 0) is 19.3 Å². The summed E-state index contributed by atoms with van der Waals surface area (Å²) >= 11 is 0. The number of anilines is 1. The van der Waals surface area contributed by atoms with Crippen LogP contribution in [0.5, 0.6) is 0 Å². The molecular formula is C15H22N4O3. The number of aliphatic hydroxyl groups is 1. The van der Waals surface area contributed by atoms with Gasteiger partial charge in [0.05, 0.1) is 6.20 Å². The third-order valence-corrected chi connectivity index (χ3v) is 4.39. The number of ether oxygens (including phenoxy) is 1. The van der Waals surface area contributed by atoms with Crippen LogP contribution in [-0.2, 0) is 9.53 Å². The lowest BCUT2D eigenvalue weighted by atomic mass is 9.98. The van der Waals surface area contributed by atoms with Crippen molar-refractivity contribution < 1.29 is 14.6 Å². The lowest BCUT2D eigenvalue weighted by Crippen LogP contribution is -2.47. The molecule has 3 rings (SSSR count). The van der Waals surface area contributed by atoms with E-state index in [2.05, 4.69) is 15.3 Å². The van der Waals surface area contributed by atoms with Crippen LogP contribution in [0.2, 0.25) is 0 Å². The largest absolute Gasteiger partial charge is 0.386 e. The SMILES string of the molecule is O=C(NC[C@]1(O)CCN(c2cnccn2)C1)C1CCOCC1. The van der Waals surface area contributed by atoms with Crippen LogP contribution in [0.25, 0.3) is 0 Å². The predicted molar refractivity (Wildman–Crippen MR) is 80.4 cm³/mol. The number of carbonyl (C=O) groups is 1. The molecule has 1 amide bonds. The molecule has 7 nitrogen and oxygen atoms in total. The maximum atomic E-state index is 12.1. The van der Waals surface area contributed by atoms with E-state index >= 15 is 0 Å². The molecule has 2 N–H and O–H groups in total. The van der Waals surface area contributed by atoms with Crippen LogP contribution < -0.4 is 10.2 Å². The van der Waals surface area contributed by atoms with E-state index in [-0.39, 0.29) is 18.4 Å². The fourth-order valence-corrected chi connectivity index (χ4v) is 3.01. The van der Waals surface area contributed by atoms with E-state index in [1.807, 2.05) is 4.90 Å². The van der Waals surface area contributed by atoms with Gasteiger partial charge in [-0.1, -0.05) is 0 Å². The van der Waals surface area contributed by atoms with Crippen molar-refractivity contribution in [2.75, 3.05) is 37.7 Å². The summed E-state index contributed by atoms with van der Waals surface area (Å²) in [5.41, 5.74) is -0.904. The highest BCUT2D eigenvalue weighted by molar-refractivity contribution is 5.78. The van der Waals surface area contributed by atoms with Gasteiger partial charge < -0.3 is 20.1 Å². The van der Waals surface area contributed by atoms with Gasteiger partial charge >= 0.3 is 0 Å². The average molecular weight is 306 g/mol. The normalized spacial score (nSPS) is 26.1. The first-order chi connectivity index (χ1) is 10.7. The number of β-amino-alcohol motifs (C(OH)–C–C–N with tert-alkyl or cyclic N) is 1. The van der Waals surface area contributed by atoms with E-state index < -0.39 is 5.60 Å². The van der Waals surface area contributed by atoms with E-state index in [9.17, 15) is 9.90 Å². The van der Waals surface area contributed by atoms with Gasteiger partial charge in [0, 0.05) is 51.2 Å². The number of nitrogens with one attached hydrogen (secondary N) is 1. The molecule has 1 atom stereocenters. The van der Waals surface area contributed by atoms with Crippen LogP contribution in [0, 0.1) is 5.92 Å². The summed E-state index contributed by atoms with van der Waals surface area (Å²) in [4.78, 5) is 22.4. The second kappa shape index (κ2) is 6.58. The summed E-state index contributed by atoms with van der Waals surface area (Å²) in [6, 6.07) is 0. The molecule has 7 heteroatoms. The molecule has 0 unspecified atom stereocenters. The molecule has 0 radical (unpaired) electrons. The van der Waals surface area contributed by atoms with E-state index in [1.54, 1.807) is 18.6 Å². The molecule has 1 aromatic heterocycles. The van der Waals surface area contributed by atoms with Crippen molar-refractivity contribution >= 4 is 11.7 Å². The molecule has 2 aliphatic heterocycles. The molecule has 120 valence electrons. The Bertz CT molecular complexity index is 507. The van der Waals surface area contributed by atoms with Gasteiger partial charge in [0.25, 0.3) is 0 Å². The maximum absolute atomic E-state index is 12.1. The lowest BCUT2D eigenvalue weighted by molar-refractivity contribution is -0.128. The first-order valence-corrected chi connectivity index (χ1v) is 7.75. The van der Waals surface area contributed by atoms with E-state index in [0.717, 1.165) is 18.7 Å². The van der Waals surface area contributed by atoms with Crippen LogP contribution >= 0.6 is 0 Å². The van der Waals surface area contributed by atoms with Crippen molar-refractivity contribution in [2.24, 2.45) is 5.92 Å². The second-order valence-electron chi connectivity index (χ2n) is 6.06. The van der Waals surface area contributed by atoms with Crippen molar-refractivity contribution in [1.82, 2.24) is 15.3 Å². The number of rotatable bonds is 4. The summed E-state index contributed by atoms with van der Waals surface area (Å²) in [7, 11) is 0. The van der Waals surface area contributed by atoms with Crippen molar-refractivity contribution in [1.29, 1.82) is 0 Å². The number of hydrogen-bond donors (Lipinski definition) is 2. The Balaban J connectivity index is 1.51. The van der Waals surface area contributed by atoms with Gasteiger partial charge in [-0.3, -0.25) is 9.78 Å². The maximum Gasteiger partial charge on any atom is 0.223 e. The molecule has 2 aliphatic rings. The molecule has 1 aromatic rings. The van der Waals surface area contributed by atoms with Crippen molar-refractivity contribution in [3.63, 3.8) is 0 Å². The van der Waals surface area contributed by atoms with E-state index in [0.29, 0.717) is 32.7 Å². The average Bonchev–Trinajstić information content (AvgIpc) is 2.97. The summed E-state index contributed by atoms with van der Waals surface area (Å²) in [5, 5.41) is 13.5. The molecule has 0 spiro atoms. The van der Waals surface area contributed by atoms with Gasteiger partial charge in [-0.2, -0.15) is 0 Å². The summed E-state index contributed by atoms with van der Waals surface area (Å²) in [6.45, 7) is 2.73. The zero-order valence-corrected chi connectivity index (χ0v) is 12.6. The number of aromatic nitrogens is 2. The van der Waals surface area contributed by atoms with E-state index in [4.69, 9.17) is 4.74 Å². The molecule has 0 bridgehead atoms. The molecule has 2 saturated heterocycles. The van der Waals surface area contributed by atoms with Crippen LogP contribution in [0.1, 0.15) is 19.3 Å². The summed E-state index contributed by atoms with van der Waals surface area (Å²) in [5.74, 6) is 0.790. The Morgan fingerprint density at radius 3 is 3.00 bits per heavy atom. The Labute approximate surface area is 129 Å². The minimum absolute atomic E-state index is 0.00912. The number of carbonyl (C=O) groups excluding carboxylic acids is 1. The second-order valence-corrected chi connectivity index (χ2v) is 6.06. The van der Waals surface area contributed by atoms with Crippen molar-refractivity contribution in [3.8, 4) is 0 Å². The number of amides is 1. The first kappa shape index (κ1) is 15.2. The van der Waals surface area contributed by atoms with Gasteiger partial charge in [-0.25, -0.2) is 4.98 Å². The topological polar surface area (TPSA) is 87.6 Å². The Kier molecular flexibility index (Phi) is 4.54. The molecular weight excluding hydrogens is 284 g/mol. The van der Waals surface area contributed by atoms with Gasteiger partial charge in [-0.15, -0.1) is 0 Å². The summed E-state index contributed by atoms with van der Waals surface area (Å²) in [6.07, 6.45) is 7.08. The summed E-state index contributed by atoms with van der Waals surface area (Å²) < 4.78 is 5.26. The van der Waals surface area contributed by atoms with Gasteiger partial charge in [0.2, 0.25) is 5.91 Å². The molecule has 22 heavy (non-hydrogen) atoms. The number of nitrogens with zero attached hydrogens (tertiary/aromatic N) is 3. The van der Waals surface area contributed by atoms with Crippen molar-refractivity contribution in [3.05, 3.63) is 18.6 Å². The molecule has 3 heterocycles. The van der Waals surface area contributed by atoms with Gasteiger partial charge in [0.15, 0.2) is 0 Å². The zero-order chi connectivity index (χ0) is 15.4. The molecule has 2 fully saturated rings.